The third-order valence-corrected chi connectivity index (χ3v) is 4.20. The molecule has 0 saturated heterocycles. The summed E-state index contributed by atoms with van der Waals surface area (Å²) in [5.74, 6) is 1.20. The van der Waals surface area contributed by atoms with Crippen LogP contribution < -0.4 is 4.74 Å². The molecular formula is C14H14BrFO. The van der Waals surface area contributed by atoms with Gasteiger partial charge in [0, 0.05) is 11.6 Å². The highest BCUT2D eigenvalue weighted by Gasteiger charge is 2.23. The zero-order valence-electron chi connectivity index (χ0n) is 9.51. The van der Waals surface area contributed by atoms with Crippen LogP contribution in [0.3, 0.4) is 0 Å². The molecule has 1 atom stereocenters. The van der Waals surface area contributed by atoms with Crippen molar-refractivity contribution < 1.29 is 9.13 Å². The highest BCUT2D eigenvalue weighted by atomic mass is 79.9. The Labute approximate surface area is 109 Å². The number of ether oxygens (including phenoxy) is 1. The summed E-state index contributed by atoms with van der Waals surface area (Å²) in [6.45, 7) is 0.692. The van der Waals surface area contributed by atoms with Gasteiger partial charge in [0.25, 0.3) is 0 Å². The van der Waals surface area contributed by atoms with E-state index in [1.54, 1.807) is 0 Å². The molecule has 1 aliphatic carbocycles. The molecular weight excluding hydrogens is 283 g/mol. The number of hydrogen-bond donors (Lipinski definition) is 0. The van der Waals surface area contributed by atoms with Gasteiger partial charge in [0.05, 0.1) is 11.1 Å². The molecule has 0 amide bonds. The Hall–Kier alpha value is -0.830. The van der Waals surface area contributed by atoms with Crippen LogP contribution in [0.25, 0.3) is 5.57 Å². The lowest BCUT2D eigenvalue weighted by molar-refractivity contribution is 0.295. The third kappa shape index (κ3) is 2.13. The van der Waals surface area contributed by atoms with Gasteiger partial charge in [-0.2, -0.15) is 0 Å². The summed E-state index contributed by atoms with van der Waals surface area (Å²) in [5, 5.41) is 0. The molecule has 90 valence electrons. The summed E-state index contributed by atoms with van der Waals surface area (Å²) in [6.07, 6.45) is 6.81. The smallest absolute Gasteiger partial charge is 0.141 e. The van der Waals surface area contributed by atoms with E-state index in [1.165, 1.54) is 18.1 Å². The fourth-order valence-electron chi connectivity index (χ4n) is 2.68. The molecule has 0 radical (unpaired) electrons. The summed E-state index contributed by atoms with van der Waals surface area (Å²) in [6, 6.07) is 3.35. The summed E-state index contributed by atoms with van der Waals surface area (Å²) >= 11 is 3.25. The van der Waals surface area contributed by atoms with Gasteiger partial charge in [-0.1, -0.05) is 6.08 Å². The van der Waals surface area contributed by atoms with Crippen molar-refractivity contribution >= 4 is 21.5 Å². The number of rotatable bonds is 0. The number of halogens is 2. The first-order valence-corrected chi connectivity index (χ1v) is 6.84. The molecule has 0 saturated carbocycles. The Morgan fingerprint density at radius 2 is 2.24 bits per heavy atom. The molecule has 1 aromatic carbocycles. The lowest BCUT2D eigenvalue weighted by Gasteiger charge is -2.12. The first-order valence-electron chi connectivity index (χ1n) is 6.05. The molecule has 2 aliphatic rings. The Morgan fingerprint density at radius 1 is 1.35 bits per heavy atom. The highest BCUT2D eigenvalue weighted by molar-refractivity contribution is 9.10. The van der Waals surface area contributed by atoms with E-state index in [0.29, 0.717) is 16.8 Å². The second kappa shape index (κ2) is 4.45. The van der Waals surface area contributed by atoms with Crippen LogP contribution in [0.2, 0.25) is 0 Å². The van der Waals surface area contributed by atoms with E-state index in [1.807, 2.05) is 6.07 Å². The van der Waals surface area contributed by atoms with E-state index in [2.05, 4.69) is 22.0 Å². The van der Waals surface area contributed by atoms with Crippen LogP contribution in [0, 0.1) is 11.7 Å². The molecule has 3 rings (SSSR count). The maximum Gasteiger partial charge on any atom is 0.141 e. The van der Waals surface area contributed by atoms with Crippen LogP contribution in [0.1, 0.15) is 31.2 Å². The average Bonchev–Trinajstić information content (AvgIpc) is 2.78. The topological polar surface area (TPSA) is 9.23 Å². The predicted octanol–water partition coefficient (Wildman–Crippen LogP) is 4.55. The van der Waals surface area contributed by atoms with Crippen molar-refractivity contribution in [1.29, 1.82) is 0 Å². The van der Waals surface area contributed by atoms with Gasteiger partial charge in [-0.25, -0.2) is 4.39 Å². The van der Waals surface area contributed by atoms with Gasteiger partial charge < -0.3 is 4.74 Å². The van der Waals surface area contributed by atoms with Gasteiger partial charge in [0.1, 0.15) is 11.6 Å². The first kappa shape index (κ1) is 11.3. The van der Waals surface area contributed by atoms with Crippen LogP contribution >= 0.6 is 15.9 Å². The Balaban J connectivity index is 2.08. The van der Waals surface area contributed by atoms with Gasteiger partial charge >= 0.3 is 0 Å². The van der Waals surface area contributed by atoms with E-state index in [9.17, 15) is 4.39 Å². The van der Waals surface area contributed by atoms with Gasteiger partial charge in [-0.15, -0.1) is 0 Å². The number of hydrogen-bond acceptors (Lipinski definition) is 1. The summed E-state index contributed by atoms with van der Waals surface area (Å²) in [4.78, 5) is 0. The van der Waals surface area contributed by atoms with Crippen molar-refractivity contribution in [3.05, 3.63) is 34.1 Å². The van der Waals surface area contributed by atoms with Gasteiger partial charge in [-0.3, -0.25) is 0 Å². The maximum atomic E-state index is 13.5. The van der Waals surface area contributed by atoms with Gasteiger partial charge in [-0.05, 0) is 59.2 Å². The normalized spacial score (nSPS) is 22.9. The zero-order valence-corrected chi connectivity index (χ0v) is 11.1. The van der Waals surface area contributed by atoms with Crippen molar-refractivity contribution in [1.82, 2.24) is 0 Å². The third-order valence-electron chi connectivity index (χ3n) is 3.59. The predicted molar refractivity (Wildman–Crippen MR) is 69.5 cm³/mol. The average molecular weight is 297 g/mol. The maximum absolute atomic E-state index is 13.5. The van der Waals surface area contributed by atoms with Crippen molar-refractivity contribution in [2.24, 2.45) is 5.92 Å². The van der Waals surface area contributed by atoms with E-state index in [4.69, 9.17) is 4.74 Å². The highest BCUT2D eigenvalue weighted by Crippen LogP contribution is 2.41. The van der Waals surface area contributed by atoms with Crippen molar-refractivity contribution in [3.63, 3.8) is 0 Å². The molecule has 1 heterocycles. The largest absolute Gasteiger partial charge is 0.493 e. The molecule has 1 aromatic rings. The molecule has 0 spiro atoms. The molecule has 17 heavy (non-hydrogen) atoms. The molecule has 0 aromatic heterocycles. The van der Waals surface area contributed by atoms with Gasteiger partial charge in [0.2, 0.25) is 0 Å². The zero-order chi connectivity index (χ0) is 11.8. The lowest BCUT2D eigenvalue weighted by Crippen LogP contribution is -2.01. The van der Waals surface area contributed by atoms with E-state index < -0.39 is 0 Å². The molecule has 0 N–H and O–H groups in total. The fraction of sp³-hybridized carbons (Fsp3) is 0.429. The molecule has 1 nitrogen and oxygen atoms in total. The minimum Gasteiger partial charge on any atom is -0.493 e. The number of fused-ring (bicyclic) bond motifs is 4. The Kier molecular flexibility index (Phi) is 2.95. The van der Waals surface area contributed by atoms with E-state index >= 15 is 0 Å². The van der Waals surface area contributed by atoms with Crippen LogP contribution in [0.5, 0.6) is 5.75 Å². The molecule has 1 unspecified atom stereocenters. The molecule has 3 heteroatoms. The second-order valence-electron chi connectivity index (χ2n) is 4.79. The standard InChI is InChI=1S/C14H14BrFO/c15-12-7-11-10-4-3-9(6-10)2-1-5-17-14(11)8-13(12)16/h4,7-9H,1-3,5-6H2. The van der Waals surface area contributed by atoms with E-state index in [0.717, 1.165) is 30.7 Å². The summed E-state index contributed by atoms with van der Waals surface area (Å²) in [5.41, 5.74) is 2.37. The Morgan fingerprint density at radius 3 is 3.12 bits per heavy atom. The van der Waals surface area contributed by atoms with Gasteiger partial charge in [0.15, 0.2) is 0 Å². The lowest BCUT2D eigenvalue weighted by atomic mass is 9.97. The molecule has 1 aliphatic heterocycles. The quantitative estimate of drug-likeness (QED) is 0.682. The monoisotopic (exact) mass is 296 g/mol. The van der Waals surface area contributed by atoms with Crippen LogP contribution in [0.4, 0.5) is 4.39 Å². The van der Waals surface area contributed by atoms with Crippen LogP contribution in [0.15, 0.2) is 22.7 Å². The summed E-state index contributed by atoms with van der Waals surface area (Å²) < 4.78 is 19.7. The van der Waals surface area contributed by atoms with Crippen molar-refractivity contribution in [2.75, 3.05) is 6.61 Å². The summed E-state index contributed by atoms with van der Waals surface area (Å²) in [7, 11) is 0. The minimum absolute atomic E-state index is 0.252. The van der Waals surface area contributed by atoms with Crippen molar-refractivity contribution in [2.45, 2.75) is 25.7 Å². The Bertz CT molecular complexity index is 481. The number of benzene rings is 1. The molecule has 0 fully saturated rings. The first-order chi connectivity index (χ1) is 8.24. The SMILES string of the molecule is Fc1cc2c(cc1Br)C1=CCC(CCCO2)C1. The van der Waals surface area contributed by atoms with Crippen LogP contribution in [-0.2, 0) is 0 Å². The van der Waals surface area contributed by atoms with E-state index in [-0.39, 0.29) is 5.82 Å². The minimum atomic E-state index is -0.252. The molecule has 2 bridgehead atoms. The fourth-order valence-corrected chi connectivity index (χ4v) is 3.02. The van der Waals surface area contributed by atoms with Crippen LogP contribution in [-0.4, -0.2) is 6.61 Å². The van der Waals surface area contributed by atoms with Crippen molar-refractivity contribution in [3.8, 4) is 5.75 Å². The second-order valence-corrected chi connectivity index (χ2v) is 5.64. The number of allylic oxidation sites excluding steroid dienone is 2.